The highest BCUT2D eigenvalue weighted by atomic mass is 16.5. The van der Waals surface area contributed by atoms with E-state index in [0.717, 1.165) is 39.0 Å². The summed E-state index contributed by atoms with van der Waals surface area (Å²) in [6, 6.07) is 0. The molecule has 98 valence electrons. The van der Waals surface area contributed by atoms with Gasteiger partial charge in [-0.05, 0) is 32.4 Å². The van der Waals surface area contributed by atoms with Crippen LogP contribution < -0.4 is 5.32 Å². The molecule has 0 aliphatic heterocycles. The van der Waals surface area contributed by atoms with Crippen LogP contribution in [0, 0.1) is 0 Å². The van der Waals surface area contributed by atoms with Gasteiger partial charge in [0.1, 0.15) is 0 Å². The largest absolute Gasteiger partial charge is 0.396 e. The van der Waals surface area contributed by atoms with Gasteiger partial charge in [0.25, 0.3) is 0 Å². The molecule has 0 rings (SSSR count). The van der Waals surface area contributed by atoms with Crippen molar-refractivity contribution in [1.29, 1.82) is 0 Å². The number of hydrogen-bond acceptors (Lipinski definition) is 4. The smallest absolute Gasteiger partial charge is 0.0700 e. The van der Waals surface area contributed by atoms with Gasteiger partial charge in [0.15, 0.2) is 0 Å². The molecule has 0 aromatic rings. The summed E-state index contributed by atoms with van der Waals surface area (Å²) in [5.74, 6) is 0. The minimum Gasteiger partial charge on any atom is -0.396 e. The lowest BCUT2D eigenvalue weighted by atomic mass is 10.2. The van der Waals surface area contributed by atoms with Gasteiger partial charge in [0.2, 0.25) is 0 Å². The molecule has 0 radical (unpaired) electrons. The van der Waals surface area contributed by atoms with Crippen molar-refractivity contribution in [3.63, 3.8) is 0 Å². The van der Waals surface area contributed by atoms with Gasteiger partial charge in [-0.2, -0.15) is 0 Å². The molecule has 0 heterocycles. The van der Waals surface area contributed by atoms with E-state index in [9.17, 15) is 0 Å². The zero-order valence-corrected chi connectivity index (χ0v) is 10.5. The summed E-state index contributed by atoms with van der Waals surface area (Å²) >= 11 is 0. The summed E-state index contributed by atoms with van der Waals surface area (Å²) < 4.78 is 10.2. The maximum absolute atomic E-state index is 8.59. The highest BCUT2D eigenvalue weighted by molar-refractivity contribution is 4.49. The van der Waals surface area contributed by atoms with Crippen LogP contribution >= 0.6 is 0 Å². The van der Waals surface area contributed by atoms with Crippen LogP contribution in [0.15, 0.2) is 0 Å². The Labute approximate surface area is 99.3 Å². The van der Waals surface area contributed by atoms with E-state index >= 15 is 0 Å². The second-order valence-electron chi connectivity index (χ2n) is 3.85. The number of methoxy groups -OCH3 is 1. The third kappa shape index (κ3) is 13.8. The zero-order chi connectivity index (χ0) is 11.9. The number of aliphatic hydroxyl groups is 1. The van der Waals surface area contributed by atoms with Gasteiger partial charge in [-0.25, -0.2) is 0 Å². The quantitative estimate of drug-likeness (QED) is 0.469. The monoisotopic (exact) mass is 233 g/mol. The predicted octanol–water partition coefficient (Wildman–Crippen LogP) is 1.18. The number of aliphatic hydroxyl groups excluding tert-OH is 1. The van der Waals surface area contributed by atoms with Crippen molar-refractivity contribution in [3.05, 3.63) is 0 Å². The van der Waals surface area contributed by atoms with E-state index < -0.39 is 0 Å². The molecule has 0 saturated carbocycles. The van der Waals surface area contributed by atoms with Crippen molar-refractivity contribution < 1.29 is 14.6 Å². The van der Waals surface area contributed by atoms with Crippen molar-refractivity contribution in [2.45, 2.75) is 32.1 Å². The molecule has 16 heavy (non-hydrogen) atoms. The molecule has 0 aromatic heterocycles. The van der Waals surface area contributed by atoms with E-state index in [1.54, 1.807) is 7.11 Å². The molecule has 0 aliphatic rings. The molecule has 0 unspecified atom stereocenters. The van der Waals surface area contributed by atoms with Gasteiger partial charge in [0, 0.05) is 20.3 Å². The number of rotatable bonds is 13. The second-order valence-corrected chi connectivity index (χ2v) is 3.85. The summed E-state index contributed by atoms with van der Waals surface area (Å²) in [5.41, 5.74) is 0. The summed E-state index contributed by atoms with van der Waals surface area (Å²) in [7, 11) is 1.68. The lowest BCUT2D eigenvalue weighted by molar-refractivity contribution is 0.0695. The van der Waals surface area contributed by atoms with Crippen molar-refractivity contribution in [1.82, 2.24) is 5.32 Å². The molecular formula is C12H27NO3. The average molecular weight is 233 g/mol. The predicted molar refractivity (Wildman–Crippen MR) is 65.7 cm³/mol. The van der Waals surface area contributed by atoms with Crippen molar-refractivity contribution >= 4 is 0 Å². The molecule has 0 bridgehead atoms. The van der Waals surface area contributed by atoms with E-state index in [4.69, 9.17) is 14.6 Å². The Morgan fingerprint density at radius 2 is 1.62 bits per heavy atom. The zero-order valence-electron chi connectivity index (χ0n) is 10.5. The maximum Gasteiger partial charge on any atom is 0.0700 e. The lowest BCUT2D eigenvalue weighted by Gasteiger charge is -2.05. The van der Waals surface area contributed by atoms with Crippen molar-refractivity contribution in [2.75, 3.05) is 46.6 Å². The summed E-state index contributed by atoms with van der Waals surface area (Å²) in [6.45, 7) is 4.60. The van der Waals surface area contributed by atoms with E-state index in [1.165, 1.54) is 12.8 Å². The molecule has 0 aromatic carbocycles. The van der Waals surface area contributed by atoms with Crippen LogP contribution in [-0.4, -0.2) is 51.7 Å². The first kappa shape index (κ1) is 15.8. The molecular weight excluding hydrogens is 206 g/mol. The highest BCUT2D eigenvalue weighted by Crippen LogP contribution is 1.97. The molecule has 2 N–H and O–H groups in total. The minimum atomic E-state index is 0.326. The third-order valence-electron chi connectivity index (χ3n) is 2.34. The highest BCUT2D eigenvalue weighted by Gasteiger charge is 1.91. The van der Waals surface area contributed by atoms with Crippen LogP contribution in [0.3, 0.4) is 0 Å². The molecule has 4 heteroatoms. The molecule has 0 atom stereocenters. The van der Waals surface area contributed by atoms with Crippen molar-refractivity contribution in [2.24, 2.45) is 0 Å². The number of nitrogens with one attached hydrogen (secondary N) is 1. The Balaban J connectivity index is 2.83. The molecule has 0 saturated heterocycles. The molecule has 0 aliphatic carbocycles. The fourth-order valence-electron chi connectivity index (χ4n) is 1.38. The maximum atomic E-state index is 8.59. The van der Waals surface area contributed by atoms with Gasteiger partial charge in [-0.3, -0.25) is 0 Å². The Morgan fingerprint density at radius 1 is 0.875 bits per heavy atom. The van der Waals surface area contributed by atoms with E-state index in [-0.39, 0.29) is 0 Å². The Morgan fingerprint density at radius 3 is 2.38 bits per heavy atom. The van der Waals surface area contributed by atoms with Crippen LogP contribution in [0.4, 0.5) is 0 Å². The summed E-state index contributed by atoms with van der Waals surface area (Å²) in [5, 5.41) is 12.0. The van der Waals surface area contributed by atoms with Gasteiger partial charge >= 0.3 is 0 Å². The Hall–Kier alpha value is -0.160. The molecule has 0 amide bonds. The van der Waals surface area contributed by atoms with Crippen LogP contribution in [-0.2, 0) is 9.47 Å². The van der Waals surface area contributed by atoms with Crippen LogP contribution in [0.25, 0.3) is 0 Å². The van der Waals surface area contributed by atoms with Gasteiger partial charge < -0.3 is 19.9 Å². The molecule has 4 nitrogen and oxygen atoms in total. The van der Waals surface area contributed by atoms with Crippen LogP contribution in [0.1, 0.15) is 32.1 Å². The van der Waals surface area contributed by atoms with Crippen LogP contribution in [0.2, 0.25) is 0 Å². The van der Waals surface area contributed by atoms with E-state index in [0.29, 0.717) is 19.8 Å². The minimum absolute atomic E-state index is 0.326. The number of unbranched alkanes of at least 4 members (excludes halogenated alkanes) is 3. The van der Waals surface area contributed by atoms with Crippen LogP contribution in [0.5, 0.6) is 0 Å². The fraction of sp³-hybridized carbons (Fsp3) is 1.00. The van der Waals surface area contributed by atoms with Gasteiger partial charge in [-0.15, -0.1) is 0 Å². The average Bonchev–Trinajstić information content (AvgIpc) is 2.31. The first-order valence-corrected chi connectivity index (χ1v) is 6.30. The Kier molecular flexibility index (Phi) is 14.7. The lowest BCUT2D eigenvalue weighted by Crippen LogP contribution is -2.18. The topological polar surface area (TPSA) is 50.7 Å². The fourth-order valence-corrected chi connectivity index (χ4v) is 1.38. The Bertz CT molecular complexity index is 109. The van der Waals surface area contributed by atoms with Gasteiger partial charge in [0.05, 0.1) is 13.2 Å². The van der Waals surface area contributed by atoms with Gasteiger partial charge in [-0.1, -0.05) is 12.8 Å². The van der Waals surface area contributed by atoms with E-state index in [1.807, 2.05) is 0 Å². The molecule has 0 fully saturated rings. The van der Waals surface area contributed by atoms with Crippen molar-refractivity contribution in [3.8, 4) is 0 Å². The first-order valence-electron chi connectivity index (χ1n) is 6.30. The summed E-state index contributed by atoms with van der Waals surface area (Å²) in [6.07, 6.45) is 5.54. The number of hydrogen-bond donors (Lipinski definition) is 2. The standard InChI is InChI=1S/C12H27NO3/c1-15-11-12-16-10-6-8-13-7-4-2-3-5-9-14/h13-14H,2-12H2,1H3. The number of ether oxygens (including phenoxy) is 2. The second kappa shape index (κ2) is 14.8. The van der Waals surface area contributed by atoms with E-state index in [2.05, 4.69) is 5.32 Å². The summed E-state index contributed by atoms with van der Waals surface area (Å²) in [4.78, 5) is 0. The third-order valence-corrected chi connectivity index (χ3v) is 2.34. The first-order chi connectivity index (χ1) is 7.91. The SMILES string of the molecule is COCCOCCCNCCCCCCO. The normalized spacial score (nSPS) is 10.9. The molecule has 0 spiro atoms.